The van der Waals surface area contributed by atoms with Gasteiger partial charge in [0.25, 0.3) is 0 Å². The Kier molecular flexibility index (Phi) is 3.96. The Bertz CT molecular complexity index is 754. The fourth-order valence-electron chi connectivity index (χ4n) is 2.08. The number of anilines is 3. The summed E-state index contributed by atoms with van der Waals surface area (Å²) in [6.45, 7) is 2.06. The number of rotatable bonds is 4. The number of benzene rings is 1. The van der Waals surface area contributed by atoms with E-state index in [1.807, 2.05) is 30.3 Å². The van der Waals surface area contributed by atoms with Gasteiger partial charge in [-0.25, -0.2) is 4.98 Å². The van der Waals surface area contributed by atoms with Crippen molar-refractivity contribution in [3.05, 3.63) is 60.4 Å². The molecular formula is C17H17N5. The van der Waals surface area contributed by atoms with Crippen molar-refractivity contribution >= 4 is 17.5 Å². The molecule has 0 atom stereocenters. The predicted molar refractivity (Wildman–Crippen MR) is 89.3 cm³/mol. The summed E-state index contributed by atoms with van der Waals surface area (Å²) in [4.78, 5) is 13.0. The van der Waals surface area contributed by atoms with E-state index in [4.69, 9.17) is 0 Å². The topological polar surface area (TPSA) is 62.7 Å². The molecule has 0 radical (unpaired) electrons. The lowest BCUT2D eigenvalue weighted by molar-refractivity contribution is 1.15. The molecule has 3 rings (SSSR count). The molecule has 0 spiro atoms. The van der Waals surface area contributed by atoms with Gasteiger partial charge in [-0.05, 0) is 31.2 Å². The van der Waals surface area contributed by atoms with Gasteiger partial charge in [0.15, 0.2) is 0 Å². The number of pyridine rings is 1. The Morgan fingerprint density at radius 2 is 1.64 bits per heavy atom. The van der Waals surface area contributed by atoms with Crippen molar-refractivity contribution in [2.45, 2.75) is 6.92 Å². The third-order valence-corrected chi connectivity index (χ3v) is 3.25. The summed E-state index contributed by atoms with van der Waals surface area (Å²) in [5.41, 5.74) is 4.06. The summed E-state index contributed by atoms with van der Waals surface area (Å²) in [7, 11) is 1.81. The molecule has 0 aliphatic carbocycles. The van der Waals surface area contributed by atoms with E-state index >= 15 is 0 Å². The zero-order valence-corrected chi connectivity index (χ0v) is 12.5. The van der Waals surface area contributed by atoms with E-state index in [2.05, 4.69) is 44.6 Å². The van der Waals surface area contributed by atoms with Gasteiger partial charge in [0.2, 0.25) is 5.95 Å². The molecule has 0 aliphatic heterocycles. The molecule has 5 heteroatoms. The first-order valence-electron chi connectivity index (χ1n) is 7.05. The predicted octanol–water partition coefficient (Wildman–Crippen LogP) is 3.63. The second-order valence-electron chi connectivity index (χ2n) is 4.94. The van der Waals surface area contributed by atoms with Gasteiger partial charge in [0.1, 0.15) is 5.82 Å². The Hall–Kier alpha value is -2.95. The Morgan fingerprint density at radius 1 is 0.909 bits per heavy atom. The minimum absolute atomic E-state index is 0.573. The molecule has 2 N–H and O–H groups in total. The highest BCUT2D eigenvalue weighted by atomic mass is 15.1. The maximum Gasteiger partial charge on any atom is 0.224 e. The fraction of sp³-hybridized carbons (Fsp3) is 0.118. The first-order chi connectivity index (χ1) is 10.7. The van der Waals surface area contributed by atoms with E-state index in [1.54, 1.807) is 19.4 Å². The summed E-state index contributed by atoms with van der Waals surface area (Å²) >= 11 is 0. The molecule has 0 amide bonds. The van der Waals surface area contributed by atoms with Crippen LogP contribution in [0.2, 0.25) is 0 Å². The van der Waals surface area contributed by atoms with Crippen LogP contribution in [0.3, 0.4) is 0 Å². The quantitative estimate of drug-likeness (QED) is 0.768. The van der Waals surface area contributed by atoms with Gasteiger partial charge in [-0.1, -0.05) is 17.7 Å². The molecule has 110 valence electrons. The van der Waals surface area contributed by atoms with Gasteiger partial charge < -0.3 is 10.6 Å². The van der Waals surface area contributed by atoms with Crippen LogP contribution in [0.15, 0.2) is 54.9 Å². The number of hydrogen-bond acceptors (Lipinski definition) is 5. The molecule has 0 bridgehead atoms. The van der Waals surface area contributed by atoms with Crippen molar-refractivity contribution in [1.29, 1.82) is 0 Å². The summed E-state index contributed by atoms with van der Waals surface area (Å²) < 4.78 is 0. The first kappa shape index (κ1) is 14.0. The number of nitrogens with zero attached hydrogens (tertiary/aromatic N) is 3. The summed E-state index contributed by atoms with van der Waals surface area (Å²) in [5, 5.41) is 6.30. The molecule has 0 saturated carbocycles. The van der Waals surface area contributed by atoms with Crippen LogP contribution in [-0.2, 0) is 0 Å². The standard InChI is InChI=1S/C17H17N5/c1-12-3-5-14(6-4-12)20-16-11-15(21-17(18-2)22-16)13-7-9-19-10-8-13/h3-11H,1-2H3,(H2,18,20,21,22). The van der Waals surface area contributed by atoms with E-state index in [1.165, 1.54) is 5.56 Å². The summed E-state index contributed by atoms with van der Waals surface area (Å²) in [6.07, 6.45) is 3.51. The minimum Gasteiger partial charge on any atom is -0.357 e. The molecule has 2 heterocycles. The number of nitrogens with one attached hydrogen (secondary N) is 2. The monoisotopic (exact) mass is 291 g/mol. The average molecular weight is 291 g/mol. The minimum atomic E-state index is 0.573. The second kappa shape index (κ2) is 6.22. The van der Waals surface area contributed by atoms with E-state index in [9.17, 15) is 0 Å². The molecular weight excluding hydrogens is 274 g/mol. The second-order valence-corrected chi connectivity index (χ2v) is 4.94. The van der Waals surface area contributed by atoms with Gasteiger partial charge in [-0.3, -0.25) is 4.98 Å². The molecule has 22 heavy (non-hydrogen) atoms. The molecule has 0 fully saturated rings. The smallest absolute Gasteiger partial charge is 0.224 e. The van der Waals surface area contributed by atoms with Gasteiger partial charge in [-0.15, -0.1) is 0 Å². The summed E-state index contributed by atoms with van der Waals surface area (Å²) in [6, 6.07) is 14.0. The largest absolute Gasteiger partial charge is 0.357 e. The Morgan fingerprint density at radius 3 is 2.32 bits per heavy atom. The van der Waals surface area contributed by atoms with Crippen molar-refractivity contribution in [2.24, 2.45) is 0 Å². The number of hydrogen-bond donors (Lipinski definition) is 2. The zero-order chi connectivity index (χ0) is 15.4. The zero-order valence-electron chi connectivity index (χ0n) is 12.5. The third-order valence-electron chi connectivity index (χ3n) is 3.25. The molecule has 0 aliphatic rings. The number of aromatic nitrogens is 3. The van der Waals surface area contributed by atoms with Crippen LogP contribution in [0.25, 0.3) is 11.3 Å². The maximum absolute atomic E-state index is 4.49. The lowest BCUT2D eigenvalue weighted by Gasteiger charge is -2.10. The number of aryl methyl sites for hydroxylation is 1. The molecule has 0 unspecified atom stereocenters. The average Bonchev–Trinajstić information content (AvgIpc) is 2.57. The van der Waals surface area contributed by atoms with E-state index in [-0.39, 0.29) is 0 Å². The highest BCUT2D eigenvalue weighted by Crippen LogP contribution is 2.23. The molecule has 0 saturated heterocycles. The van der Waals surface area contributed by atoms with Crippen LogP contribution in [0.5, 0.6) is 0 Å². The van der Waals surface area contributed by atoms with E-state index in [0.717, 1.165) is 22.8 Å². The third kappa shape index (κ3) is 3.20. The normalized spacial score (nSPS) is 10.3. The van der Waals surface area contributed by atoms with Crippen molar-refractivity contribution in [2.75, 3.05) is 17.7 Å². The van der Waals surface area contributed by atoms with Crippen molar-refractivity contribution in [3.63, 3.8) is 0 Å². The van der Waals surface area contributed by atoms with Crippen LogP contribution >= 0.6 is 0 Å². The Balaban J connectivity index is 1.95. The van der Waals surface area contributed by atoms with Crippen LogP contribution in [0.4, 0.5) is 17.5 Å². The fourth-order valence-corrected chi connectivity index (χ4v) is 2.08. The summed E-state index contributed by atoms with van der Waals surface area (Å²) in [5.74, 6) is 1.32. The lowest BCUT2D eigenvalue weighted by atomic mass is 10.2. The van der Waals surface area contributed by atoms with Crippen LogP contribution in [-0.4, -0.2) is 22.0 Å². The maximum atomic E-state index is 4.49. The van der Waals surface area contributed by atoms with Gasteiger partial charge in [0, 0.05) is 36.8 Å². The van der Waals surface area contributed by atoms with Crippen LogP contribution in [0.1, 0.15) is 5.56 Å². The highest BCUT2D eigenvalue weighted by molar-refractivity contribution is 5.67. The van der Waals surface area contributed by atoms with Crippen molar-refractivity contribution in [1.82, 2.24) is 15.0 Å². The Labute approximate surface area is 129 Å². The van der Waals surface area contributed by atoms with Crippen molar-refractivity contribution in [3.8, 4) is 11.3 Å². The first-order valence-corrected chi connectivity index (χ1v) is 7.05. The molecule has 2 aromatic heterocycles. The van der Waals surface area contributed by atoms with Gasteiger partial charge in [0.05, 0.1) is 5.69 Å². The van der Waals surface area contributed by atoms with Crippen LogP contribution in [0, 0.1) is 6.92 Å². The highest BCUT2D eigenvalue weighted by Gasteiger charge is 2.06. The molecule has 1 aromatic carbocycles. The SMILES string of the molecule is CNc1nc(Nc2ccc(C)cc2)cc(-c2ccncc2)n1. The van der Waals surface area contributed by atoms with Gasteiger partial charge in [-0.2, -0.15) is 4.98 Å². The van der Waals surface area contributed by atoms with E-state index < -0.39 is 0 Å². The lowest BCUT2D eigenvalue weighted by Crippen LogP contribution is -2.02. The molecule has 3 aromatic rings. The van der Waals surface area contributed by atoms with E-state index in [0.29, 0.717) is 5.95 Å². The van der Waals surface area contributed by atoms with Crippen LogP contribution < -0.4 is 10.6 Å². The van der Waals surface area contributed by atoms with Crippen molar-refractivity contribution < 1.29 is 0 Å². The van der Waals surface area contributed by atoms with Gasteiger partial charge >= 0.3 is 0 Å². The molecule has 5 nitrogen and oxygen atoms in total.